The Labute approximate surface area is 91.8 Å². The lowest BCUT2D eigenvalue weighted by atomic mass is 9.99. The van der Waals surface area contributed by atoms with Crippen LogP contribution in [0.25, 0.3) is 0 Å². The maximum absolute atomic E-state index is 13.6. The fourth-order valence-corrected chi connectivity index (χ4v) is 2.44. The van der Waals surface area contributed by atoms with Crippen LogP contribution in [0, 0.1) is 0 Å². The molecule has 1 heterocycles. The van der Waals surface area contributed by atoms with Gasteiger partial charge in [-0.25, -0.2) is 4.39 Å². The van der Waals surface area contributed by atoms with Gasteiger partial charge in [0.2, 0.25) is 0 Å². The summed E-state index contributed by atoms with van der Waals surface area (Å²) in [6, 6.07) is 8.11. The monoisotopic (exact) mass is 257 g/mol. The Morgan fingerprint density at radius 1 is 1.50 bits per heavy atom. The average molecular weight is 258 g/mol. The highest BCUT2D eigenvalue weighted by atomic mass is 79.9. The molecule has 0 saturated carbocycles. The summed E-state index contributed by atoms with van der Waals surface area (Å²) in [6.07, 6.45) is 0.551. The number of alkyl halides is 1. The van der Waals surface area contributed by atoms with Gasteiger partial charge >= 0.3 is 0 Å². The molecule has 2 atom stereocenters. The smallest absolute Gasteiger partial charge is 0.122 e. The molecule has 1 aromatic rings. The van der Waals surface area contributed by atoms with Gasteiger partial charge in [0.1, 0.15) is 5.67 Å². The molecule has 1 aliphatic rings. The number of hydrogen-bond donors (Lipinski definition) is 1. The summed E-state index contributed by atoms with van der Waals surface area (Å²) in [6.45, 7) is 2.09. The fraction of sp³-hybridized carbons (Fsp3) is 0.455. The molecular weight excluding hydrogens is 245 g/mol. The maximum Gasteiger partial charge on any atom is 0.122 e. The van der Waals surface area contributed by atoms with E-state index in [9.17, 15) is 4.39 Å². The molecule has 0 spiro atoms. The van der Waals surface area contributed by atoms with E-state index in [0.717, 1.165) is 10.0 Å². The molecule has 0 bridgehead atoms. The molecule has 76 valence electrons. The second kappa shape index (κ2) is 3.63. The van der Waals surface area contributed by atoms with Gasteiger partial charge in [-0.15, -0.1) is 0 Å². The molecule has 0 aromatic heterocycles. The van der Waals surface area contributed by atoms with Gasteiger partial charge in [0.15, 0.2) is 0 Å². The van der Waals surface area contributed by atoms with Crippen LogP contribution in [0.3, 0.4) is 0 Å². The van der Waals surface area contributed by atoms with E-state index >= 15 is 0 Å². The number of benzene rings is 1. The van der Waals surface area contributed by atoms with Gasteiger partial charge in [0.25, 0.3) is 0 Å². The highest BCUT2D eigenvalue weighted by molar-refractivity contribution is 9.10. The highest BCUT2D eigenvalue weighted by Gasteiger charge is 2.35. The Bertz CT molecular complexity index is 338. The van der Waals surface area contributed by atoms with E-state index < -0.39 is 5.67 Å². The van der Waals surface area contributed by atoms with Crippen molar-refractivity contribution in [2.24, 2.45) is 0 Å². The van der Waals surface area contributed by atoms with Crippen molar-refractivity contribution < 1.29 is 4.39 Å². The summed E-state index contributed by atoms with van der Waals surface area (Å²) in [4.78, 5) is 0. The minimum Gasteiger partial charge on any atom is -0.307 e. The van der Waals surface area contributed by atoms with E-state index in [-0.39, 0.29) is 6.04 Å². The minimum absolute atomic E-state index is 0.139. The Morgan fingerprint density at radius 2 is 2.21 bits per heavy atom. The van der Waals surface area contributed by atoms with Crippen LogP contribution in [0.1, 0.15) is 24.9 Å². The molecule has 1 saturated heterocycles. The van der Waals surface area contributed by atoms with Crippen molar-refractivity contribution >= 4 is 15.9 Å². The minimum atomic E-state index is -1.07. The fourth-order valence-electron chi connectivity index (χ4n) is 1.88. The van der Waals surface area contributed by atoms with Crippen molar-refractivity contribution in [3.05, 3.63) is 34.3 Å². The van der Waals surface area contributed by atoms with Crippen molar-refractivity contribution in [1.82, 2.24) is 5.32 Å². The molecule has 0 amide bonds. The van der Waals surface area contributed by atoms with Gasteiger partial charge in [0, 0.05) is 23.5 Å². The number of nitrogens with one attached hydrogen (secondary N) is 1. The molecule has 2 rings (SSSR count). The first-order chi connectivity index (χ1) is 6.58. The lowest BCUT2D eigenvalue weighted by Crippen LogP contribution is -2.21. The van der Waals surface area contributed by atoms with Gasteiger partial charge in [0.05, 0.1) is 0 Å². The first-order valence-electron chi connectivity index (χ1n) is 4.75. The molecule has 1 N–H and O–H groups in total. The molecule has 1 aliphatic heterocycles. The third-order valence-corrected chi connectivity index (χ3v) is 3.35. The van der Waals surface area contributed by atoms with Crippen LogP contribution >= 0.6 is 15.9 Å². The van der Waals surface area contributed by atoms with E-state index in [4.69, 9.17) is 0 Å². The van der Waals surface area contributed by atoms with Crippen molar-refractivity contribution in [2.75, 3.05) is 6.54 Å². The second-order valence-electron chi connectivity index (χ2n) is 4.07. The molecule has 0 aliphatic carbocycles. The van der Waals surface area contributed by atoms with Crippen molar-refractivity contribution in [2.45, 2.75) is 25.1 Å². The molecule has 3 heteroatoms. The zero-order chi connectivity index (χ0) is 10.2. The largest absolute Gasteiger partial charge is 0.307 e. The van der Waals surface area contributed by atoms with Gasteiger partial charge in [-0.2, -0.15) is 0 Å². The third-order valence-electron chi connectivity index (χ3n) is 2.63. The zero-order valence-electron chi connectivity index (χ0n) is 8.06. The quantitative estimate of drug-likeness (QED) is 0.815. The van der Waals surface area contributed by atoms with Crippen molar-refractivity contribution in [3.8, 4) is 0 Å². The topological polar surface area (TPSA) is 12.0 Å². The predicted molar refractivity (Wildman–Crippen MR) is 59.0 cm³/mol. The average Bonchev–Trinajstić information content (AvgIpc) is 2.47. The standard InChI is InChI=1S/C11H13BrFN/c1-11(13)6-10(14-7-11)8-4-2-3-5-9(8)12/h2-5,10,14H,6-7H2,1H3. The van der Waals surface area contributed by atoms with Gasteiger partial charge in [-0.1, -0.05) is 34.1 Å². The van der Waals surface area contributed by atoms with E-state index in [2.05, 4.69) is 21.2 Å². The van der Waals surface area contributed by atoms with E-state index in [1.165, 1.54) is 0 Å². The molecule has 2 unspecified atom stereocenters. The Balaban J connectivity index is 2.22. The van der Waals surface area contributed by atoms with Crippen LogP contribution in [0.5, 0.6) is 0 Å². The van der Waals surface area contributed by atoms with Gasteiger partial charge in [-0.3, -0.25) is 0 Å². The lowest BCUT2D eigenvalue weighted by molar-refractivity contribution is 0.214. The van der Waals surface area contributed by atoms with Crippen molar-refractivity contribution in [3.63, 3.8) is 0 Å². The number of rotatable bonds is 1. The second-order valence-corrected chi connectivity index (χ2v) is 4.93. The van der Waals surface area contributed by atoms with Crippen molar-refractivity contribution in [1.29, 1.82) is 0 Å². The molecule has 1 aromatic carbocycles. The number of hydrogen-bond acceptors (Lipinski definition) is 1. The Morgan fingerprint density at radius 3 is 2.79 bits per heavy atom. The van der Waals surface area contributed by atoms with Crippen LogP contribution in [0.2, 0.25) is 0 Å². The van der Waals surface area contributed by atoms with Crippen LogP contribution < -0.4 is 5.32 Å². The first kappa shape index (κ1) is 10.1. The maximum atomic E-state index is 13.6. The Kier molecular flexibility index (Phi) is 2.62. The highest BCUT2D eigenvalue weighted by Crippen LogP contribution is 2.35. The third kappa shape index (κ3) is 1.98. The van der Waals surface area contributed by atoms with E-state index in [1.807, 2.05) is 24.3 Å². The summed E-state index contributed by atoms with van der Waals surface area (Å²) < 4.78 is 14.7. The molecule has 1 fully saturated rings. The first-order valence-corrected chi connectivity index (χ1v) is 5.54. The van der Waals surface area contributed by atoms with Crippen LogP contribution in [-0.4, -0.2) is 12.2 Å². The molecule has 14 heavy (non-hydrogen) atoms. The van der Waals surface area contributed by atoms with Crippen LogP contribution in [-0.2, 0) is 0 Å². The van der Waals surface area contributed by atoms with Gasteiger partial charge in [-0.05, 0) is 18.6 Å². The summed E-state index contributed by atoms with van der Waals surface area (Å²) in [5.41, 5.74) is 0.0776. The van der Waals surface area contributed by atoms with Gasteiger partial charge < -0.3 is 5.32 Å². The van der Waals surface area contributed by atoms with Crippen LogP contribution in [0.15, 0.2) is 28.7 Å². The summed E-state index contributed by atoms with van der Waals surface area (Å²) in [7, 11) is 0. The molecular formula is C11H13BrFN. The normalized spacial score (nSPS) is 32.1. The summed E-state index contributed by atoms with van der Waals surface area (Å²) in [5, 5.41) is 3.20. The molecule has 0 radical (unpaired) electrons. The number of halogens is 2. The molecule has 1 nitrogen and oxygen atoms in total. The zero-order valence-corrected chi connectivity index (χ0v) is 9.64. The van der Waals surface area contributed by atoms with Crippen LogP contribution in [0.4, 0.5) is 4.39 Å². The van der Waals surface area contributed by atoms with E-state index in [1.54, 1.807) is 6.92 Å². The predicted octanol–water partition coefficient (Wildman–Crippen LogP) is 3.21. The lowest BCUT2D eigenvalue weighted by Gasteiger charge is -2.13. The van der Waals surface area contributed by atoms with E-state index in [0.29, 0.717) is 13.0 Å². The summed E-state index contributed by atoms with van der Waals surface area (Å²) in [5.74, 6) is 0. The Hall–Kier alpha value is -0.410. The summed E-state index contributed by atoms with van der Waals surface area (Å²) >= 11 is 3.48. The SMILES string of the molecule is CC1(F)CNC(c2ccccc2Br)C1.